The third kappa shape index (κ3) is 1.97. The summed E-state index contributed by atoms with van der Waals surface area (Å²) in [5.74, 6) is 0.909. The van der Waals surface area contributed by atoms with Gasteiger partial charge >= 0.3 is 0 Å². The van der Waals surface area contributed by atoms with Gasteiger partial charge in [0.05, 0.1) is 18.8 Å². The molecule has 24 heavy (non-hydrogen) atoms. The molecule has 2 saturated heterocycles. The second-order valence-electron chi connectivity index (χ2n) is 7.46. The van der Waals surface area contributed by atoms with Gasteiger partial charge in [0.2, 0.25) is 5.91 Å². The van der Waals surface area contributed by atoms with Crippen molar-refractivity contribution in [1.29, 1.82) is 0 Å². The van der Waals surface area contributed by atoms with E-state index in [0.717, 1.165) is 44.6 Å². The van der Waals surface area contributed by atoms with Crippen LogP contribution < -0.4 is 10.1 Å². The van der Waals surface area contributed by atoms with Crippen LogP contribution in [0.15, 0.2) is 18.2 Å². The number of ether oxygens (including phenoxy) is 1. The number of nitrogens with zero attached hydrogens (tertiary/aromatic N) is 1. The minimum absolute atomic E-state index is 0.0659. The number of benzene rings is 1. The number of piperidine rings is 1. The Balaban J connectivity index is 1.93. The fourth-order valence-electron chi connectivity index (χ4n) is 5.39. The average Bonchev–Trinajstić information content (AvgIpc) is 2.74. The summed E-state index contributed by atoms with van der Waals surface area (Å²) in [6.45, 7) is 4.03. The maximum atomic E-state index is 12.2. The van der Waals surface area contributed by atoms with Gasteiger partial charge in [0.15, 0.2) is 0 Å². The second kappa shape index (κ2) is 5.46. The summed E-state index contributed by atoms with van der Waals surface area (Å²) in [6, 6.07) is 6.09. The van der Waals surface area contributed by atoms with Gasteiger partial charge in [-0.05, 0) is 62.0 Å². The Kier molecular flexibility index (Phi) is 3.62. The maximum absolute atomic E-state index is 12.2. The van der Waals surface area contributed by atoms with Crippen molar-refractivity contribution in [1.82, 2.24) is 10.2 Å². The van der Waals surface area contributed by atoms with E-state index in [1.807, 2.05) is 11.0 Å². The predicted octanol–water partition coefficient (Wildman–Crippen LogP) is 1.22. The molecule has 2 heterocycles. The van der Waals surface area contributed by atoms with Gasteiger partial charge in [0.1, 0.15) is 5.75 Å². The molecule has 3 aliphatic rings. The molecule has 0 unspecified atom stereocenters. The van der Waals surface area contributed by atoms with Crippen molar-refractivity contribution in [3.8, 4) is 5.75 Å². The number of methoxy groups -OCH3 is 1. The van der Waals surface area contributed by atoms with Gasteiger partial charge in [-0.2, -0.15) is 0 Å². The molecule has 5 nitrogen and oxygen atoms in total. The quantitative estimate of drug-likeness (QED) is 0.813. The lowest BCUT2D eigenvalue weighted by Crippen LogP contribution is -2.72. The van der Waals surface area contributed by atoms with Crippen LogP contribution in [0.4, 0.5) is 0 Å². The van der Waals surface area contributed by atoms with Crippen molar-refractivity contribution >= 4 is 5.91 Å². The molecule has 2 N–H and O–H groups in total. The fourth-order valence-corrected chi connectivity index (χ4v) is 5.39. The van der Waals surface area contributed by atoms with Crippen molar-refractivity contribution in [2.45, 2.75) is 49.7 Å². The Morgan fingerprint density at radius 2 is 2.12 bits per heavy atom. The zero-order valence-corrected chi connectivity index (χ0v) is 14.5. The zero-order chi connectivity index (χ0) is 16.9. The summed E-state index contributed by atoms with van der Waals surface area (Å²) in [4.78, 5) is 14.1. The van der Waals surface area contributed by atoms with Crippen LogP contribution in [0, 0.1) is 0 Å². The average molecular weight is 330 g/mol. The molecule has 4 rings (SSSR count). The molecule has 1 amide bonds. The number of likely N-dealkylation sites (tertiary alicyclic amines) is 1. The molecular formula is C19H26N2O3. The van der Waals surface area contributed by atoms with Crippen LogP contribution >= 0.6 is 0 Å². The first-order chi connectivity index (χ1) is 11.5. The molecule has 2 aliphatic heterocycles. The first-order valence-electron chi connectivity index (χ1n) is 8.89. The van der Waals surface area contributed by atoms with Crippen LogP contribution in [0.1, 0.15) is 37.3 Å². The second-order valence-corrected chi connectivity index (χ2v) is 7.46. The molecule has 1 aromatic rings. The van der Waals surface area contributed by atoms with Crippen molar-refractivity contribution in [3.05, 3.63) is 29.3 Å². The predicted molar refractivity (Wildman–Crippen MR) is 91.2 cm³/mol. The lowest BCUT2D eigenvalue weighted by atomic mass is 9.52. The van der Waals surface area contributed by atoms with E-state index < -0.39 is 5.60 Å². The van der Waals surface area contributed by atoms with Crippen LogP contribution in [0.5, 0.6) is 5.75 Å². The number of carbonyl (C=O) groups is 1. The maximum Gasteiger partial charge on any atom is 0.219 e. The topological polar surface area (TPSA) is 61.8 Å². The number of rotatable bonds is 1. The van der Waals surface area contributed by atoms with E-state index in [9.17, 15) is 9.90 Å². The van der Waals surface area contributed by atoms with Gasteiger partial charge in [-0.15, -0.1) is 0 Å². The summed E-state index contributed by atoms with van der Waals surface area (Å²) in [7, 11) is 1.68. The van der Waals surface area contributed by atoms with Gasteiger partial charge < -0.3 is 20.1 Å². The minimum Gasteiger partial charge on any atom is -0.497 e. The van der Waals surface area contributed by atoms with E-state index in [4.69, 9.17) is 4.74 Å². The Morgan fingerprint density at radius 1 is 1.33 bits per heavy atom. The molecule has 5 heteroatoms. The van der Waals surface area contributed by atoms with Gasteiger partial charge in [-0.1, -0.05) is 6.07 Å². The van der Waals surface area contributed by atoms with Gasteiger partial charge in [-0.3, -0.25) is 4.79 Å². The molecule has 1 aromatic carbocycles. The normalized spacial score (nSPS) is 34.8. The monoisotopic (exact) mass is 330 g/mol. The van der Waals surface area contributed by atoms with Crippen molar-refractivity contribution in [2.24, 2.45) is 0 Å². The summed E-state index contributed by atoms with van der Waals surface area (Å²) in [5.41, 5.74) is 1.31. The largest absolute Gasteiger partial charge is 0.497 e. The first kappa shape index (κ1) is 15.9. The first-order valence-corrected chi connectivity index (χ1v) is 8.89. The smallest absolute Gasteiger partial charge is 0.219 e. The highest BCUT2D eigenvalue weighted by Crippen LogP contribution is 2.55. The molecule has 0 aromatic heterocycles. The summed E-state index contributed by atoms with van der Waals surface area (Å²) >= 11 is 0. The highest BCUT2D eigenvalue weighted by Gasteiger charge is 2.63. The molecule has 0 spiro atoms. The molecule has 1 aliphatic carbocycles. The highest BCUT2D eigenvalue weighted by molar-refractivity contribution is 5.74. The molecule has 3 atom stereocenters. The number of carbonyl (C=O) groups excluding carboxylic acids is 1. The van der Waals surface area contributed by atoms with E-state index in [-0.39, 0.29) is 17.4 Å². The summed E-state index contributed by atoms with van der Waals surface area (Å²) in [5, 5.41) is 15.3. The Bertz CT molecular complexity index is 677. The number of amides is 1. The van der Waals surface area contributed by atoms with Gasteiger partial charge in [0, 0.05) is 18.9 Å². The van der Waals surface area contributed by atoms with Gasteiger partial charge in [-0.25, -0.2) is 0 Å². The van der Waals surface area contributed by atoms with E-state index in [0.29, 0.717) is 6.42 Å². The van der Waals surface area contributed by atoms with E-state index in [1.54, 1.807) is 14.0 Å². The Hall–Kier alpha value is -1.59. The SMILES string of the molecule is COc1ccc2c(c1)[C@@]13CCNCC[C@@]1(O)[C@@H](C2)N(C(C)=O)CC3. The molecule has 2 bridgehead atoms. The van der Waals surface area contributed by atoms with Crippen LogP contribution in [0.25, 0.3) is 0 Å². The molecule has 130 valence electrons. The third-order valence-electron chi connectivity index (χ3n) is 6.60. The Labute approximate surface area is 143 Å². The lowest BCUT2D eigenvalue weighted by molar-refractivity contribution is -0.166. The number of fused-ring (bicyclic) bond motifs is 1. The minimum atomic E-state index is -0.875. The summed E-state index contributed by atoms with van der Waals surface area (Å²) in [6.07, 6.45) is 3.10. The highest BCUT2D eigenvalue weighted by atomic mass is 16.5. The third-order valence-corrected chi connectivity index (χ3v) is 6.60. The van der Waals surface area contributed by atoms with E-state index >= 15 is 0 Å². The fraction of sp³-hybridized carbons (Fsp3) is 0.632. The van der Waals surface area contributed by atoms with Crippen molar-refractivity contribution in [3.63, 3.8) is 0 Å². The number of hydrogen-bond donors (Lipinski definition) is 2. The van der Waals surface area contributed by atoms with Crippen LogP contribution in [0.3, 0.4) is 0 Å². The van der Waals surface area contributed by atoms with E-state index in [2.05, 4.69) is 17.4 Å². The lowest BCUT2D eigenvalue weighted by Gasteiger charge is -2.61. The molecule has 2 fully saturated rings. The zero-order valence-electron chi connectivity index (χ0n) is 14.5. The van der Waals surface area contributed by atoms with E-state index in [1.165, 1.54) is 11.1 Å². The van der Waals surface area contributed by atoms with Crippen molar-refractivity contribution < 1.29 is 14.6 Å². The molecule has 0 radical (unpaired) electrons. The molecule has 0 saturated carbocycles. The molecular weight excluding hydrogens is 304 g/mol. The van der Waals surface area contributed by atoms with Crippen LogP contribution in [-0.4, -0.2) is 54.3 Å². The number of nitrogens with one attached hydrogen (secondary N) is 1. The standard InChI is InChI=1S/C19H26N2O3/c1-13(22)21-10-7-18-5-8-20-9-6-19(18,23)17(21)11-14-3-4-15(24-2)12-16(14)18/h3-4,12,17,20,23H,5-11H2,1-2H3/t17-,18+,19-/m1/s1. The van der Waals surface area contributed by atoms with Crippen molar-refractivity contribution in [2.75, 3.05) is 26.7 Å². The van der Waals surface area contributed by atoms with Gasteiger partial charge in [0.25, 0.3) is 0 Å². The summed E-state index contributed by atoms with van der Waals surface area (Å²) < 4.78 is 5.46. The van der Waals surface area contributed by atoms with Crippen LogP contribution in [0.2, 0.25) is 0 Å². The number of hydrogen-bond acceptors (Lipinski definition) is 4. The Morgan fingerprint density at radius 3 is 2.88 bits per heavy atom. The van der Waals surface area contributed by atoms with Crippen LogP contribution in [-0.2, 0) is 16.6 Å². The number of aliphatic hydroxyl groups is 1.